The molecule has 2 aromatic carbocycles. The maximum atomic E-state index is 12.8. The smallest absolute Gasteiger partial charge is 0.251 e. The lowest BCUT2D eigenvalue weighted by molar-refractivity contribution is 0.0826. The first kappa shape index (κ1) is 21.7. The second-order valence-electron chi connectivity index (χ2n) is 7.86. The van der Waals surface area contributed by atoms with Crippen LogP contribution in [-0.4, -0.2) is 43.2 Å². The van der Waals surface area contributed by atoms with Gasteiger partial charge in [0, 0.05) is 30.7 Å². The molecule has 0 atom stereocenters. The average Bonchev–Trinajstić information content (AvgIpc) is 2.73. The zero-order chi connectivity index (χ0) is 21.0. The van der Waals surface area contributed by atoms with E-state index in [1.165, 1.54) is 11.1 Å². The molecule has 2 aromatic rings. The fraction of sp³-hybridized carbons (Fsp3) is 0.435. The van der Waals surface area contributed by atoms with Gasteiger partial charge in [0.25, 0.3) is 5.91 Å². The van der Waals surface area contributed by atoms with Crippen LogP contribution in [0.25, 0.3) is 0 Å². The summed E-state index contributed by atoms with van der Waals surface area (Å²) in [7, 11) is 1.57. The Balaban J connectivity index is 1.68. The van der Waals surface area contributed by atoms with E-state index in [0.717, 1.165) is 19.5 Å². The molecule has 0 aromatic heterocycles. The number of halogens is 1. The molecule has 0 aliphatic carbocycles. The summed E-state index contributed by atoms with van der Waals surface area (Å²) in [4.78, 5) is 15.3. The van der Waals surface area contributed by atoms with E-state index in [0.29, 0.717) is 34.7 Å². The predicted octanol–water partition coefficient (Wildman–Crippen LogP) is 4.42. The van der Waals surface area contributed by atoms with Gasteiger partial charge in [-0.15, -0.1) is 0 Å². The maximum absolute atomic E-state index is 12.8. The number of hydrogen-bond donors (Lipinski definition) is 1. The third-order valence-corrected chi connectivity index (χ3v) is 6.04. The van der Waals surface area contributed by atoms with Crippen LogP contribution in [0.2, 0.25) is 0 Å². The van der Waals surface area contributed by atoms with Gasteiger partial charge >= 0.3 is 0 Å². The highest BCUT2D eigenvalue weighted by molar-refractivity contribution is 9.10. The van der Waals surface area contributed by atoms with E-state index >= 15 is 0 Å². The zero-order valence-corrected chi connectivity index (χ0v) is 19.1. The van der Waals surface area contributed by atoms with E-state index in [1.54, 1.807) is 19.2 Å². The molecular weight excluding hydrogens is 432 g/mol. The standard InChI is InChI=1S/C23H29BrN2O3/c1-5-29-21-19(24)12-18(13-20(21)28-4)22(27)25-15-23(2,3)26-11-10-16-8-6-7-9-17(16)14-26/h6-9,12-13H,5,10-11,14-15H2,1-4H3,(H,25,27). The number of nitrogens with zero attached hydrogens (tertiary/aromatic N) is 1. The number of nitrogens with one attached hydrogen (secondary N) is 1. The van der Waals surface area contributed by atoms with E-state index in [2.05, 4.69) is 64.3 Å². The molecule has 1 heterocycles. The van der Waals surface area contributed by atoms with Gasteiger partial charge < -0.3 is 14.8 Å². The molecule has 1 aliphatic rings. The molecule has 5 nitrogen and oxygen atoms in total. The molecule has 1 amide bonds. The molecule has 0 spiro atoms. The number of methoxy groups -OCH3 is 1. The van der Waals surface area contributed by atoms with Crippen LogP contribution in [-0.2, 0) is 13.0 Å². The van der Waals surface area contributed by atoms with Crippen molar-refractivity contribution < 1.29 is 14.3 Å². The Labute approximate surface area is 181 Å². The van der Waals surface area contributed by atoms with Gasteiger partial charge in [0.2, 0.25) is 0 Å². The van der Waals surface area contributed by atoms with Crippen LogP contribution in [0.5, 0.6) is 11.5 Å². The van der Waals surface area contributed by atoms with Gasteiger partial charge in [-0.25, -0.2) is 0 Å². The van der Waals surface area contributed by atoms with Crippen molar-refractivity contribution in [1.82, 2.24) is 10.2 Å². The van der Waals surface area contributed by atoms with Gasteiger partial charge in [-0.2, -0.15) is 0 Å². The van der Waals surface area contributed by atoms with E-state index in [-0.39, 0.29) is 11.4 Å². The van der Waals surface area contributed by atoms with Crippen LogP contribution in [0.4, 0.5) is 0 Å². The highest BCUT2D eigenvalue weighted by atomic mass is 79.9. The first-order chi connectivity index (χ1) is 13.9. The molecule has 0 saturated heterocycles. The van der Waals surface area contributed by atoms with Crippen LogP contribution >= 0.6 is 15.9 Å². The number of fused-ring (bicyclic) bond motifs is 1. The molecule has 1 aliphatic heterocycles. The Morgan fingerprint density at radius 3 is 2.66 bits per heavy atom. The highest BCUT2D eigenvalue weighted by Gasteiger charge is 2.30. The number of hydrogen-bond acceptors (Lipinski definition) is 4. The highest BCUT2D eigenvalue weighted by Crippen LogP contribution is 2.36. The van der Waals surface area contributed by atoms with Gasteiger partial charge in [0.15, 0.2) is 11.5 Å². The molecule has 0 saturated carbocycles. The fourth-order valence-electron chi connectivity index (χ4n) is 3.66. The summed E-state index contributed by atoms with van der Waals surface area (Å²) in [5.41, 5.74) is 3.18. The minimum absolute atomic E-state index is 0.127. The van der Waals surface area contributed by atoms with E-state index < -0.39 is 0 Å². The topological polar surface area (TPSA) is 50.8 Å². The summed E-state index contributed by atoms with van der Waals surface area (Å²) < 4.78 is 11.7. The van der Waals surface area contributed by atoms with Crippen molar-refractivity contribution in [3.05, 3.63) is 57.6 Å². The quantitative estimate of drug-likeness (QED) is 0.663. The van der Waals surface area contributed by atoms with Crippen molar-refractivity contribution in [2.45, 2.75) is 39.3 Å². The van der Waals surface area contributed by atoms with Gasteiger partial charge in [0.05, 0.1) is 18.2 Å². The number of carbonyl (C=O) groups excluding carboxylic acids is 1. The Bertz CT molecular complexity index is 882. The summed E-state index contributed by atoms with van der Waals surface area (Å²) in [5, 5.41) is 3.09. The van der Waals surface area contributed by atoms with Crippen molar-refractivity contribution in [2.75, 3.05) is 26.8 Å². The first-order valence-electron chi connectivity index (χ1n) is 9.96. The van der Waals surface area contributed by atoms with Crippen molar-refractivity contribution in [3.8, 4) is 11.5 Å². The summed E-state index contributed by atoms with van der Waals surface area (Å²) in [6, 6.07) is 12.1. The Morgan fingerprint density at radius 1 is 1.24 bits per heavy atom. The van der Waals surface area contributed by atoms with Crippen LogP contribution in [0.15, 0.2) is 40.9 Å². The van der Waals surface area contributed by atoms with Crippen LogP contribution < -0.4 is 14.8 Å². The monoisotopic (exact) mass is 460 g/mol. The molecule has 3 rings (SSSR count). The van der Waals surface area contributed by atoms with Gasteiger partial charge in [-0.1, -0.05) is 24.3 Å². The second kappa shape index (κ2) is 9.18. The normalized spacial score (nSPS) is 14.2. The number of rotatable bonds is 7. The molecule has 0 bridgehead atoms. The van der Waals surface area contributed by atoms with Gasteiger partial charge in [-0.3, -0.25) is 9.69 Å². The zero-order valence-electron chi connectivity index (χ0n) is 17.5. The summed E-state index contributed by atoms with van der Waals surface area (Å²) in [5.74, 6) is 1.02. The lowest BCUT2D eigenvalue weighted by Gasteiger charge is -2.41. The second-order valence-corrected chi connectivity index (χ2v) is 8.71. The molecule has 0 fully saturated rings. The minimum atomic E-state index is -0.157. The molecular formula is C23H29BrN2O3. The van der Waals surface area contributed by atoms with Crippen molar-refractivity contribution in [3.63, 3.8) is 0 Å². The van der Waals surface area contributed by atoms with Gasteiger partial charge in [-0.05, 0) is 66.4 Å². The third-order valence-electron chi connectivity index (χ3n) is 5.45. The molecule has 6 heteroatoms. The van der Waals surface area contributed by atoms with Crippen molar-refractivity contribution >= 4 is 21.8 Å². The molecule has 1 N–H and O–H groups in total. The summed E-state index contributed by atoms with van der Waals surface area (Å²) in [6.45, 7) is 9.23. The number of carbonyl (C=O) groups is 1. The van der Waals surface area contributed by atoms with E-state index in [1.807, 2.05) is 6.92 Å². The minimum Gasteiger partial charge on any atom is -0.493 e. The number of ether oxygens (including phenoxy) is 2. The van der Waals surface area contributed by atoms with E-state index in [4.69, 9.17) is 9.47 Å². The molecule has 0 unspecified atom stereocenters. The Morgan fingerprint density at radius 2 is 1.97 bits per heavy atom. The molecule has 0 radical (unpaired) electrons. The van der Waals surface area contributed by atoms with E-state index in [9.17, 15) is 4.79 Å². The molecule has 156 valence electrons. The van der Waals surface area contributed by atoms with Gasteiger partial charge in [0.1, 0.15) is 0 Å². The predicted molar refractivity (Wildman–Crippen MR) is 119 cm³/mol. The van der Waals surface area contributed by atoms with Crippen molar-refractivity contribution in [1.29, 1.82) is 0 Å². The summed E-state index contributed by atoms with van der Waals surface area (Å²) >= 11 is 3.48. The maximum Gasteiger partial charge on any atom is 0.251 e. The first-order valence-corrected chi connectivity index (χ1v) is 10.8. The lowest BCUT2D eigenvalue weighted by atomic mass is 9.94. The largest absolute Gasteiger partial charge is 0.493 e. The average molecular weight is 461 g/mol. The van der Waals surface area contributed by atoms with Crippen LogP contribution in [0.3, 0.4) is 0 Å². The van der Waals surface area contributed by atoms with Crippen molar-refractivity contribution in [2.24, 2.45) is 0 Å². The fourth-order valence-corrected chi connectivity index (χ4v) is 4.21. The molecule has 29 heavy (non-hydrogen) atoms. The number of benzene rings is 2. The SMILES string of the molecule is CCOc1c(Br)cc(C(=O)NCC(C)(C)N2CCc3ccccc3C2)cc1OC. The summed E-state index contributed by atoms with van der Waals surface area (Å²) in [6.07, 6.45) is 1.04. The number of amides is 1. The Kier molecular flexibility index (Phi) is 6.85. The third kappa shape index (κ3) is 4.93. The van der Waals surface area contributed by atoms with Crippen LogP contribution in [0.1, 0.15) is 42.3 Å². The van der Waals surface area contributed by atoms with Crippen LogP contribution in [0, 0.1) is 0 Å². The Hall–Kier alpha value is -2.05. The lowest BCUT2D eigenvalue weighted by Crippen LogP contribution is -2.53.